The van der Waals surface area contributed by atoms with Crippen LogP contribution in [0.3, 0.4) is 0 Å². The molecule has 0 aliphatic rings. The first-order valence-electron chi connectivity index (χ1n) is 9.89. The summed E-state index contributed by atoms with van der Waals surface area (Å²) in [5.41, 5.74) is 1.85. The van der Waals surface area contributed by atoms with Crippen LogP contribution in [0, 0.1) is 16.7 Å². The van der Waals surface area contributed by atoms with Crippen molar-refractivity contribution >= 4 is 30.6 Å². The number of hydrogen-bond donors (Lipinski definition) is 0. The highest BCUT2D eigenvalue weighted by Crippen LogP contribution is 2.30. The van der Waals surface area contributed by atoms with Crippen molar-refractivity contribution in [3.63, 3.8) is 0 Å². The van der Waals surface area contributed by atoms with Crippen molar-refractivity contribution in [2.45, 2.75) is 53.8 Å². The Morgan fingerprint density at radius 2 is 1.79 bits per heavy atom. The van der Waals surface area contributed by atoms with E-state index in [9.17, 15) is 10.1 Å². The first kappa shape index (κ1) is 22.6. The monoisotopic (exact) mass is 409 g/mol. The van der Waals surface area contributed by atoms with Crippen LogP contribution in [0.4, 0.5) is 0 Å². The summed E-state index contributed by atoms with van der Waals surface area (Å²) in [5.74, 6) is -0.138. The third kappa shape index (κ3) is 5.24. The number of ether oxygens (including phenoxy) is 1. The number of nitrogens with zero attached hydrogens (tertiary/aromatic N) is 3. The number of carbonyl (C=O) groups excluding carboxylic acids is 1. The fourth-order valence-corrected chi connectivity index (χ4v) is 3.94. The lowest BCUT2D eigenvalue weighted by molar-refractivity contribution is -0.145. The summed E-state index contributed by atoms with van der Waals surface area (Å²) in [6.45, 7) is 14.2. The van der Waals surface area contributed by atoms with Crippen molar-refractivity contribution < 1.29 is 9.53 Å². The molecule has 0 aliphatic carbocycles. The molecule has 0 saturated heterocycles. The van der Waals surface area contributed by atoms with Gasteiger partial charge in [0.15, 0.2) is 5.76 Å². The summed E-state index contributed by atoms with van der Waals surface area (Å²) in [5, 5.41) is 15.8. The Hall–Kier alpha value is -2.65. The molecule has 0 radical (unpaired) electrons. The molecule has 154 valence electrons. The van der Waals surface area contributed by atoms with Crippen LogP contribution < -0.4 is 5.19 Å². The van der Waals surface area contributed by atoms with Crippen LogP contribution >= 0.6 is 0 Å². The van der Waals surface area contributed by atoms with Gasteiger partial charge in [-0.2, -0.15) is 10.4 Å². The van der Waals surface area contributed by atoms with E-state index in [4.69, 9.17) is 4.74 Å². The van der Waals surface area contributed by atoms with Crippen molar-refractivity contribution in [3.8, 4) is 6.07 Å². The molecule has 0 aliphatic heterocycles. The minimum absolute atomic E-state index is 0.253. The fraction of sp³-hybridized carbons (Fsp3) is 0.435. The minimum atomic E-state index is -1.45. The molecular formula is C23H31N3O2Si. The molecule has 6 heteroatoms. The molecule has 5 nitrogen and oxygen atoms in total. The molecule has 0 bridgehead atoms. The molecule has 0 saturated carbocycles. The first-order valence-corrected chi connectivity index (χ1v) is 13.4. The van der Waals surface area contributed by atoms with Gasteiger partial charge in [-0.25, -0.2) is 0 Å². The number of aryl methyl sites for hydroxylation is 2. The van der Waals surface area contributed by atoms with Gasteiger partial charge < -0.3 is 4.74 Å². The van der Waals surface area contributed by atoms with E-state index < -0.39 is 19.5 Å². The van der Waals surface area contributed by atoms with E-state index in [0.717, 1.165) is 17.7 Å². The molecule has 29 heavy (non-hydrogen) atoms. The second-order valence-corrected chi connectivity index (χ2v) is 14.4. The molecule has 1 heterocycles. The van der Waals surface area contributed by atoms with Gasteiger partial charge in [0.2, 0.25) is 0 Å². The lowest BCUT2D eigenvalue weighted by Crippen LogP contribution is -2.37. The number of rotatable bonds is 5. The van der Waals surface area contributed by atoms with Gasteiger partial charge in [0.1, 0.15) is 17.3 Å². The van der Waals surface area contributed by atoms with Gasteiger partial charge in [0, 0.05) is 7.05 Å². The normalized spacial score (nSPS) is 12.9. The molecule has 0 amide bonds. The lowest BCUT2D eigenvalue weighted by atomic mass is 9.97. The van der Waals surface area contributed by atoms with E-state index >= 15 is 0 Å². The van der Waals surface area contributed by atoms with Crippen LogP contribution in [-0.2, 0) is 23.0 Å². The second-order valence-electron chi connectivity index (χ2n) is 9.28. The molecule has 0 unspecified atom stereocenters. The van der Waals surface area contributed by atoms with E-state index in [0.29, 0.717) is 11.3 Å². The molecule has 0 spiro atoms. The van der Waals surface area contributed by atoms with Crippen molar-refractivity contribution in [1.29, 1.82) is 5.26 Å². The summed E-state index contributed by atoms with van der Waals surface area (Å²) in [6.07, 6.45) is 0.751. The van der Waals surface area contributed by atoms with Crippen molar-refractivity contribution in [2.24, 2.45) is 12.5 Å². The molecule has 0 fully saturated rings. The van der Waals surface area contributed by atoms with Crippen LogP contribution in [-0.4, -0.2) is 23.8 Å². The molecule has 1 aromatic carbocycles. The SMILES string of the molecule is CCc1cc(/C(OC(=O)C(C)(C)C)=C(\C#N)c2ccc([Si](C)(C)C)cc2)n(C)n1. The van der Waals surface area contributed by atoms with Gasteiger partial charge in [-0.05, 0) is 38.8 Å². The Bertz CT molecular complexity index is 966. The highest BCUT2D eigenvalue weighted by Gasteiger charge is 2.28. The third-order valence-electron chi connectivity index (χ3n) is 4.71. The first-order chi connectivity index (χ1) is 13.4. The maximum Gasteiger partial charge on any atom is 0.316 e. The minimum Gasteiger partial charge on any atom is -0.422 e. The van der Waals surface area contributed by atoms with Crippen LogP contribution in [0.5, 0.6) is 0 Å². The van der Waals surface area contributed by atoms with Gasteiger partial charge in [-0.15, -0.1) is 0 Å². The number of aromatic nitrogens is 2. The van der Waals surface area contributed by atoms with Gasteiger partial charge in [0.25, 0.3) is 0 Å². The summed E-state index contributed by atoms with van der Waals surface area (Å²) in [6, 6.07) is 12.2. The van der Waals surface area contributed by atoms with E-state index in [1.807, 2.05) is 25.1 Å². The van der Waals surface area contributed by atoms with Gasteiger partial charge in [-0.1, -0.05) is 56.0 Å². The summed E-state index contributed by atoms with van der Waals surface area (Å²) in [7, 11) is 0.342. The number of esters is 1. The van der Waals surface area contributed by atoms with Crippen molar-refractivity contribution in [1.82, 2.24) is 9.78 Å². The molecule has 0 N–H and O–H groups in total. The maximum absolute atomic E-state index is 12.7. The summed E-state index contributed by atoms with van der Waals surface area (Å²) >= 11 is 0. The van der Waals surface area contributed by atoms with E-state index in [-0.39, 0.29) is 5.76 Å². The summed E-state index contributed by atoms with van der Waals surface area (Å²) < 4.78 is 7.48. The van der Waals surface area contributed by atoms with E-state index in [1.165, 1.54) is 5.19 Å². The highest BCUT2D eigenvalue weighted by molar-refractivity contribution is 6.88. The second kappa shape index (κ2) is 8.38. The Morgan fingerprint density at radius 3 is 2.21 bits per heavy atom. The topological polar surface area (TPSA) is 67.9 Å². The molecule has 2 rings (SSSR count). The van der Waals surface area contributed by atoms with Crippen LogP contribution in [0.1, 0.15) is 44.6 Å². The standard InChI is InChI=1S/C23H31N3O2Si/c1-9-17-14-20(26(5)25-17)21(28-22(27)23(2,3)4)19(15-24)16-10-12-18(13-11-16)29(6,7)8/h10-14H,9H2,1-8H3/b21-19-. The fourth-order valence-electron chi connectivity index (χ4n) is 2.77. The van der Waals surface area contributed by atoms with Gasteiger partial charge in [0.05, 0.1) is 19.2 Å². The molecule has 2 aromatic rings. The lowest BCUT2D eigenvalue weighted by Gasteiger charge is -2.20. The average Bonchev–Trinajstić information content (AvgIpc) is 3.01. The average molecular weight is 410 g/mol. The van der Waals surface area contributed by atoms with Gasteiger partial charge in [-0.3, -0.25) is 9.48 Å². The number of carbonyl (C=O) groups is 1. The Labute approximate surface area is 175 Å². The number of benzene rings is 1. The zero-order chi connectivity index (χ0) is 22.0. The van der Waals surface area contributed by atoms with Crippen LogP contribution in [0.25, 0.3) is 11.3 Å². The van der Waals surface area contributed by atoms with E-state index in [1.54, 1.807) is 32.5 Å². The molecular weight excluding hydrogens is 378 g/mol. The van der Waals surface area contributed by atoms with Crippen molar-refractivity contribution in [3.05, 3.63) is 47.3 Å². The predicted molar refractivity (Wildman–Crippen MR) is 120 cm³/mol. The highest BCUT2D eigenvalue weighted by atomic mass is 28.3. The number of allylic oxidation sites excluding steroid dienone is 1. The number of nitriles is 1. The largest absolute Gasteiger partial charge is 0.422 e. The van der Waals surface area contributed by atoms with Crippen LogP contribution in [0.15, 0.2) is 30.3 Å². The van der Waals surface area contributed by atoms with Gasteiger partial charge >= 0.3 is 5.97 Å². The van der Waals surface area contributed by atoms with Crippen LogP contribution in [0.2, 0.25) is 19.6 Å². The van der Waals surface area contributed by atoms with E-state index in [2.05, 4.69) is 42.9 Å². The molecule has 0 atom stereocenters. The van der Waals surface area contributed by atoms with Crippen molar-refractivity contribution in [2.75, 3.05) is 0 Å². The quantitative estimate of drug-likeness (QED) is 0.315. The Kier molecular flexibility index (Phi) is 6.54. The smallest absolute Gasteiger partial charge is 0.316 e. The predicted octanol–water partition coefficient (Wildman–Crippen LogP) is 4.51. The maximum atomic E-state index is 12.7. The Morgan fingerprint density at radius 1 is 1.21 bits per heavy atom. The zero-order valence-corrected chi connectivity index (χ0v) is 19.8. The molecule has 1 aromatic heterocycles. The third-order valence-corrected chi connectivity index (χ3v) is 6.78. The zero-order valence-electron chi connectivity index (χ0n) is 18.8. The summed E-state index contributed by atoms with van der Waals surface area (Å²) in [4.78, 5) is 12.7. The Balaban J connectivity index is 2.68. The number of hydrogen-bond acceptors (Lipinski definition) is 4.